The number of benzene rings is 1. The summed E-state index contributed by atoms with van der Waals surface area (Å²) < 4.78 is 26.5. The molecule has 8 heteroatoms. The molecule has 0 saturated heterocycles. The van der Waals surface area contributed by atoms with Gasteiger partial charge in [-0.1, -0.05) is 17.7 Å². The largest absolute Gasteiger partial charge is 0.369 e. The van der Waals surface area contributed by atoms with Crippen LogP contribution in [0.1, 0.15) is 5.56 Å². The molecule has 1 heterocycles. The summed E-state index contributed by atoms with van der Waals surface area (Å²) in [4.78, 5) is 4.15. The Hall–Kier alpha value is -2.14. The van der Waals surface area contributed by atoms with Gasteiger partial charge in [0.15, 0.2) is 0 Å². The number of sulfonamides is 1. The van der Waals surface area contributed by atoms with Crippen molar-refractivity contribution >= 4 is 27.4 Å². The Morgan fingerprint density at radius 3 is 2.68 bits per heavy atom. The van der Waals surface area contributed by atoms with E-state index in [1.165, 1.54) is 18.3 Å². The third-order valence-electron chi connectivity index (χ3n) is 2.72. The summed E-state index contributed by atoms with van der Waals surface area (Å²) in [5, 5.41) is 12.0. The number of nitriles is 1. The first-order chi connectivity index (χ1) is 10.5. The maximum Gasteiger partial charge on any atom is 0.240 e. The highest BCUT2D eigenvalue weighted by Crippen LogP contribution is 2.14. The van der Waals surface area contributed by atoms with Crippen molar-refractivity contribution in [1.82, 2.24) is 9.71 Å². The summed E-state index contributed by atoms with van der Waals surface area (Å²) in [6.45, 7) is 0.551. The minimum absolute atomic E-state index is 0.122. The number of anilines is 1. The highest BCUT2D eigenvalue weighted by Gasteiger charge is 2.13. The van der Waals surface area contributed by atoms with Gasteiger partial charge in [-0.2, -0.15) is 5.26 Å². The number of rotatable bonds is 6. The first-order valence-electron chi connectivity index (χ1n) is 6.36. The topological polar surface area (TPSA) is 94.9 Å². The number of nitrogens with zero attached hydrogens (tertiary/aromatic N) is 2. The van der Waals surface area contributed by atoms with Crippen LogP contribution in [-0.4, -0.2) is 26.5 Å². The van der Waals surface area contributed by atoms with E-state index in [4.69, 9.17) is 16.9 Å². The molecule has 0 aliphatic rings. The van der Waals surface area contributed by atoms with Crippen molar-refractivity contribution in [2.75, 3.05) is 18.4 Å². The molecular formula is C14H13ClN4O2S. The van der Waals surface area contributed by atoms with E-state index >= 15 is 0 Å². The molecule has 0 unspecified atom stereocenters. The van der Waals surface area contributed by atoms with E-state index in [0.717, 1.165) is 0 Å². The predicted octanol–water partition coefficient (Wildman–Crippen LogP) is 2.00. The maximum atomic E-state index is 12.0. The second-order valence-corrected chi connectivity index (χ2v) is 6.53. The van der Waals surface area contributed by atoms with Gasteiger partial charge in [0.1, 0.15) is 11.9 Å². The first kappa shape index (κ1) is 16.2. The molecular weight excluding hydrogens is 324 g/mol. The van der Waals surface area contributed by atoms with Crippen molar-refractivity contribution in [2.45, 2.75) is 4.90 Å². The smallest absolute Gasteiger partial charge is 0.240 e. The van der Waals surface area contributed by atoms with Crippen molar-refractivity contribution < 1.29 is 8.42 Å². The Morgan fingerprint density at radius 1 is 1.23 bits per heavy atom. The number of halogens is 1. The van der Waals surface area contributed by atoms with Crippen LogP contribution in [0, 0.1) is 11.3 Å². The zero-order valence-corrected chi connectivity index (χ0v) is 13.0. The number of hydrogen-bond donors (Lipinski definition) is 2. The average Bonchev–Trinajstić information content (AvgIpc) is 2.52. The number of hydrogen-bond acceptors (Lipinski definition) is 5. The van der Waals surface area contributed by atoms with E-state index in [-0.39, 0.29) is 11.4 Å². The van der Waals surface area contributed by atoms with Crippen LogP contribution in [0.2, 0.25) is 5.02 Å². The fourth-order valence-electron chi connectivity index (χ4n) is 1.66. The fourth-order valence-corrected chi connectivity index (χ4v) is 2.99. The molecule has 0 atom stereocenters. The van der Waals surface area contributed by atoms with E-state index in [0.29, 0.717) is 22.9 Å². The van der Waals surface area contributed by atoms with Crippen LogP contribution in [0.25, 0.3) is 0 Å². The molecule has 0 radical (unpaired) electrons. The van der Waals surface area contributed by atoms with E-state index in [1.54, 1.807) is 24.3 Å². The standard InChI is InChI=1S/C14H13ClN4O2S/c15-12-2-1-3-13(8-12)22(20,21)19-7-6-17-14-5-4-11(9-16)10-18-14/h1-5,8,10,19H,6-7H2,(H,17,18). The van der Waals surface area contributed by atoms with Crippen LogP contribution in [0.5, 0.6) is 0 Å². The highest BCUT2D eigenvalue weighted by atomic mass is 35.5. The SMILES string of the molecule is N#Cc1ccc(NCCNS(=O)(=O)c2cccc(Cl)c2)nc1. The number of aromatic nitrogens is 1. The molecule has 0 aliphatic heterocycles. The van der Waals surface area contributed by atoms with Gasteiger partial charge in [0.05, 0.1) is 10.5 Å². The van der Waals surface area contributed by atoms with Crippen molar-refractivity contribution in [2.24, 2.45) is 0 Å². The molecule has 0 aliphatic carbocycles. The highest BCUT2D eigenvalue weighted by molar-refractivity contribution is 7.89. The molecule has 2 rings (SSSR count). The summed E-state index contributed by atoms with van der Waals surface area (Å²) in [5.74, 6) is 0.570. The Kier molecular flexibility index (Phi) is 5.33. The van der Waals surface area contributed by atoms with E-state index in [9.17, 15) is 8.42 Å². The number of nitrogens with one attached hydrogen (secondary N) is 2. The van der Waals surface area contributed by atoms with Crippen molar-refractivity contribution in [3.8, 4) is 6.07 Å². The van der Waals surface area contributed by atoms with Crippen LogP contribution in [0.3, 0.4) is 0 Å². The Morgan fingerprint density at radius 2 is 2.05 bits per heavy atom. The molecule has 1 aromatic heterocycles. The molecule has 0 spiro atoms. The zero-order chi connectivity index (χ0) is 16.0. The lowest BCUT2D eigenvalue weighted by molar-refractivity contribution is 0.583. The zero-order valence-electron chi connectivity index (χ0n) is 11.5. The minimum atomic E-state index is -3.59. The monoisotopic (exact) mass is 336 g/mol. The van der Waals surface area contributed by atoms with Gasteiger partial charge in [-0.05, 0) is 30.3 Å². The molecule has 0 saturated carbocycles. The van der Waals surface area contributed by atoms with Gasteiger partial charge in [0.2, 0.25) is 10.0 Å². The second kappa shape index (κ2) is 7.22. The molecule has 114 valence electrons. The Bertz CT molecular complexity index is 785. The molecule has 0 amide bonds. The lowest BCUT2D eigenvalue weighted by Gasteiger charge is -2.08. The normalized spacial score (nSPS) is 10.9. The summed E-state index contributed by atoms with van der Waals surface area (Å²) in [6.07, 6.45) is 1.44. The van der Waals surface area contributed by atoms with Crippen molar-refractivity contribution in [3.63, 3.8) is 0 Å². The summed E-state index contributed by atoms with van der Waals surface area (Å²) in [7, 11) is -3.59. The summed E-state index contributed by atoms with van der Waals surface area (Å²) >= 11 is 5.78. The van der Waals surface area contributed by atoms with Gasteiger partial charge in [-0.15, -0.1) is 0 Å². The van der Waals surface area contributed by atoms with Crippen LogP contribution in [0.15, 0.2) is 47.5 Å². The van der Waals surface area contributed by atoms with E-state index in [1.807, 2.05) is 6.07 Å². The fraction of sp³-hybridized carbons (Fsp3) is 0.143. The van der Waals surface area contributed by atoms with E-state index < -0.39 is 10.0 Å². The third kappa shape index (κ3) is 4.43. The first-order valence-corrected chi connectivity index (χ1v) is 8.22. The maximum absolute atomic E-state index is 12.0. The van der Waals surface area contributed by atoms with Crippen molar-refractivity contribution in [3.05, 3.63) is 53.2 Å². The van der Waals surface area contributed by atoms with Gasteiger partial charge in [-0.25, -0.2) is 18.1 Å². The molecule has 2 aromatic rings. The lowest BCUT2D eigenvalue weighted by Crippen LogP contribution is -2.29. The second-order valence-electron chi connectivity index (χ2n) is 4.33. The van der Waals surface area contributed by atoms with Gasteiger partial charge in [-0.3, -0.25) is 0 Å². The quantitative estimate of drug-likeness (QED) is 0.787. The number of pyridine rings is 1. The Balaban J connectivity index is 1.86. The van der Waals surface area contributed by atoms with Crippen LogP contribution >= 0.6 is 11.6 Å². The molecule has 22 heavy (non-hydrogen) atoms. The molecule has 6 nitrogen and oxygen atoms in total. The van der Waals surface area contributed by atoms with Gasteiger partial charge >= 0.3 is 0 Å². The lowest BCUT2D eigenvalue weighted by atomic mass is 10.3. The average molecular weight is 337 g/mol. The molecule has 0 bridgehead atoms. The minimum Gasteiger partial charge on any atom is -0.369 e. The summed E-state index contributed by atoms with van der Waals surface area (Å²) in [6, 6.07) is 11.3. The third-order valence-corrected chi connectivity index (χ3v) is 4.42. The van der Waals surface area contributed by atoms with Gasteiger partial charge in [0, 0.05) is 24.3 Å². The Labute approximate surface area is 133 Å². The van der Waals surface area contributed by atoms with E-state index in [2.05, 4.69) is 15.0 Å². The molecule has 0 fully saturated rings. The van der Waals surface area contributed by atoms with Gasteiger partial charge in [0.25, 0.3) is 0 Å². The predicted molar refractivity (Wildman–Crippen MR) is 84.1 cm³/mol. The van der Waals surface area contributed by atoms with Crippen LogP contribution in [-0.2, 0) is 10.0 Å². The van der Waals surface area contributed by atoms with Crippen LogP contribution < -0.4 is 10.0 Å². The summed E-state index contributed by atoms with van der Waals surface area (Å²) in [5.41, 5.74) is 0.465. The van der Waals surface area contributed by atoms with Gasteiger partial charge < -0.3 is 5.32 Å². The molecule has 2 N–H and O–H groups in total. The van der Waals surface area contributed by atoms with Crippen molar-refractivity contribution in [1.29, 1.82) is 5.26 Å². The molecule has 1 aromatic carbocycles. The van der Waals surface area contributed by atoms with Crippen LogP contribution in [0.4, 0.5) is 5.82 Å².